The number of rotatable bonds is 5. The van der Waals surface area contributed by atoms with Crippen LogP contribution in [-0.4, -0.2) is 29.4 Å². The number of nitrogens with one attached hydrogen (secondary N) is 1. The maximum absolute atomic E-state index is 12.6. The van der Waals surface area contributed by atoms with E-state index >= 15 is 0 Å². The lowest BCUT2D eigenvalue weighted by Crippen LogP contribution is -2.32. The fourth-order valence-corrected chi connectivity index (χ4v) is 3.16. The summed E-state index contributed by atoms with van der Waals surface area (Å²) in [6.45, 7) is 1.01. The van der Waals surface area contributed by atoms with Crippen LogP contribution in [0.3, 0.4) is 0 Å². The lowest BCUT2D eigenvalue weighted by Gasteiger charge is -2.24. The summed E-state index contributed by atoms with van der Waals surface area (Å²) in [5, 5.41) is 7.33. The van der Waals surface area contributed by atoms with E-state index in [0.29, 0.717) is 25.4 Å². The van der Waals surface area contributed by atoms with E-state index in [9.17, 15) is 4.79 Å². The number of benzene rings is 2. The second kappa shape index (κ2) is 7.53. The minimum Gasteiger partial charge on any atom is -0.497 e. The quantitative estimate of drug-likeness (QED) is 0.756. The first-order valence-electron chi connectivity index (χ1n) is 8.89. The third kappa shape index (κ3) is 3.95. The van der Waals surface area contributed by atoms with E-state index in [4.69, 9.17) is 9.47 Å². The number of hydrogen-bond donors (Lipinski definition) is 1. The molecule has 0 saturated heterocycles. The van der Waals surface area contributed by atoms with Crippen LogP contribution in [0, 0.1) is 5.92 Å². The maximum atomic E-state index is 12.6. The van der Waals surface area contributed by atoms with Gasteiger partial charge in [-0.1, -0.05) is 36.4 Å². The highest BCUT2D eigenvalue weighted by molar-refractivity contribution is 5.92. The molecule has 0 fully saturated rings. The van der Waals surface area contributed by atoms with Crippen molar-refractivity contribution in [3.63, 3.8) is 0 Å². The molecule has 6 heteroatoms. The summed E-state index contributed by atoms with van der Waals surface area (Å²) < 4.78 is 12.8. The fourth-order valence-electron chi connectivity index (χ4n) is 3.16. The van der Waals surface area contributed by atoms with Gasteiger partial charge in [0.25, 0.3) is 0 Å². The number of aromatic nitrogens is 2. The van der Waals surface area contributed by atoms with Gasteiger partial charge in [0.2, 0.25) is 5.91 Å². The molecule has 1 N–H and O–H groups in total. The maximum Gasteiger partial charge on any atom is 0.232 e. The van der Waals surface area contributed by atoms with Crippen molar-refractivity contribution in [3.05, 3.63) is 71.9 Å². The minimum absolute atomic E-state index is 0.0820. The standard InChI is InChI=1S/C21H21N3O3/c1-26-18-8-7-16-11-17(14-27-19(16)12-18)21(25)22-20-9-10-24(23-20)13-15-5-3-2-4-6-15/h2-10,12,17H,11,13-14H2,1H3,(H,22,23,25)/t17-/m1/s1. The zero-order valence-electron chi connectivity index (χ0n) is 15.1. The zero-order chi connectivity index (χ0) is 18.6. The second-order valence-electron chi connectivity index (χ2n) is 6.56. The third-order valence-electron chi connectivity index (χ3n) is 4.63. The molecule has 0 unspecified atom stereocenters. The molecule has 0 bridgehead atoms. The molecule has 138 valence electrons. The number of carbonyl (C=O) groups is 1. The van der Waals surface area contributed by atoms with Gasteiger partial charge in [-0.25, -0.2) is 0 Å². The van der Waals surface area contributed by atoms with E-state index in [1.54, 1.807) is 7.11 Å². The van der Waals surface area contributed by atoms with Gasteiger partial charge in [-0.15, -0.1) is 0 Å². The number of carbonyl (C=O) groups excluding carboxylic acids is 1. The van der Waals surface area contributed by atoms with Crippen molar-refractivity contribution in [1.82, 2.24) is 9.78 Å². The highest BCUT2D eigenvalue weighted by Gasteiger charge is 2.26. The molecule has 1 aromatic heterocycles. The van der Waals surface area contributed by atoms with Gasteiger partial charge in [0.05, 0.1) is 19.6 Å². The lowest BCUT2D eigenvalue weighted by molar-refractivity contribution is -0.121. The van der Waals surface area contributed by atoms with Crippen LogP contribution in [0.15, 0.2) is 60.8 Å². The van der Waals surface area contributed by atoms with Gasteiger partial charge in [-0.2, -0.15) is 5.10 Å². The Bertz CT molecular complexity index is 937. The summed E-state index contributed by atoms with van der Waals surface area (Å²) >= 11 is 0. The number of hydrogen-bond acceptors (Lipinski definition) is 4. The van der Waals surface area contributed by atoms with E-state index in [2.05, 4.69) is 10.4 Å². The topological polar surface area (TPSA) is 65.4 Å². The highest BCUT2D eigenvalue weighted by atomic mass is 16.5. The second-order valence-corrected chi connectivity index (χ2v) is 6.56. The lowest BCUT2D eigenvalue weighted by atomic mass is 9.96. The highest BCUT2D eigenvalue weighted by Crippen LogP contribution is 2.31. The molecule has 1 aliphatic rings. The van der Waals surface area contributed by atoms with Crippen LogP contribution in [0.1, 0.15) is 11.1 Å². The van der Waals surface area contributed by atoms with Crippen molar-refractivity contribution in [2.45, 2.75) is 13.0 Å². The Morgan fingerprint density at radius 1 is 1.26 bits per heavy atom. The Balaban J connectivity index is 1.38. The summed E-state index contributed by atoms with van der Waals surface area (Å²) in [5.41, 5.74) is 2.17. The number of amides is 1. The number of methoxy groups -OCH3 is 1. The molecule has 0 aliphatic carbocycles. The first-order chi connectivity index (χ1) is 13.2. The average molecular weight is 363 g/mol. The molecule has 0 saturated carbocycles. The predicted molar refractivity (Wildman–Crippen MR) is 102 cm³/mol. The van der Waals surface area contributed by atoms with Gasteiger partial charge in [-0.3, -0.25) is 9.48 Å². The minimum atomic E-state index is -0.245. The van der Waals surface area contributed by atoms with Crippen molar-refractivity contribution in [2.75, 3.05) is 19.0 Å². The smallest absolute Gasteiger partial charge is 0.232 e. The van der Waals surface area contributed by atoms with Crippen LogP contribution >= 0.6 is 0 Å². The Morgan fingerprint density at radius 2 is 2.11 bits per heavy atom. The molecule has 27 heavy (non-hydrogen) atoms. The van der Waals surface area contributed by atoms with Crippen LogP contribution in [0.5, 0.6) is 11.5 Å². The first kappa shape index (κ1) is 17.1. The van der Waals surface area contributed by atoms with E-state index in [1.807, 2.05) is 65.5 Å². The van der Waals surface area contributed by atoms with Crippen molar-refractivity contribution < 1.29 is 14.3 Å². The Morgan fingerprint density at radius 3 is 2.93 bits per heavy atom. The van der Waals surface area contributed by atoms with Gasteiger partial charge < -0.3 is 14.8 Å². The van der Waals surface area contributed by atoms with Crippen molar-refractivity contribution in [1.29, 1.82) is 0 Å². The number of anilines is 1. The Labute approximate surface area is 157 Å². The molecule has 2 aromatic carbocycles. The number of nitrogens with zero attached hydrogens (tertiary/aromatic N) is 2. The molecule has 2 heterocycles. The van der Waals surface area contributed by atoms with Gasteiger partial charge in [0, 0.05) is 18.3 Å². The Hall–Kier alpha value is -3.28. The fraction of sp³-hybridized carbons (Fsp3) is 0.238. The third-order valence-corrected chi connectivity index (χ3v) is 4.63. The molecule has 3 aromatic rings. The van der Waals surface area contributed by atoms with E-state index in [1.165, 1.54) is 0 Å². The first-order valence-corrected chi connectivity index (χ1v) is 8.89. The van der Waals surface area contributed by atoms with Crippen LogP contribution < -0.4 is 14.8 Å². The average Bonchev–Trinajstić information content (AvgIpc) is 3.14. The van der Waals surface area contributed by atoms with Crippen LogP contribution in [0.2, 0.25) is 0 Å². The molecule has 0 spiro atoms. The van der Waals surface area contributed by atoms with Gasteiger partial charge in [-0.05, 0) is 23.6 Å². The van der Waals surface area contributed by atoms with E-state index in [0.717, 1.165) is 22.6 Å². The summed E-state index contributed by atoms with van der Waals surface area (Å²) in [7, 11) is 1.62. The molecule has 1 aliphatic heterocycles. The monoisotopic (exact) mass is 363 g/mol. The van der Waals surface area contributed by atoms with Crippen LogP contribution in [-0.2, 0) is 17.8 Å². The largest absolute Gasteiger partial charge is 0.497 e. The Kier molecular flexibility index (Phi) is 4.78. The summed E-state index contributed by atoms with van der Waals surface area (Å²) in [6, 6.07) is 17.6. The van der Waals surface area contributed by atoms with Gasteiger partial charge >= 0.3 is 0 Å². The molecule has 1 atom stereocenters. The zero-order valence-corrected chi connectivity index (χ0v) is 15.1. The molecular formula is C21H21N3O3. The van der Waals surface area contributed by atoms with Gasteiger partial charge in [0.15, 0.2) is 5.82 Å². The molecule has 0 radical (unpaired) electrons. The summed E-state index contributed by atoms with van der Waals surface area (Å²) in [6.07, 6.45) is 2.50. The molecule has 4 rings (SSSR count). The SMILES string of the molecule is COc1ccc2c(c1)OC[C@H](C(=O)Nc1ccn(Cc3ccccc3)n1)C2. The molecule has 6 nitrogen and oxygen atoms in total. The van der Waals surface area contributed by atoms with Gasteiger partial charge in [0.1, 0.15) is 18.1 Å². The van der Waals surface area contributed by atoms with E-state index < -0.39 is 0 Å². The van der Waals surface area contributed by atoms with Crippen molar-refractivity contribution in [2.24, 2.45) is 5.92 Å². The number of ether oxygens (including phenoxy) is 2. The predicted octanol–water partition coefficient (Wildman–Crippen LogP) is 3.13. The van der Waals surface area contributed by atoms with Crippen LogP contribution in [0.4, 0.5) is 5.82 Å². The summed E-state index contributed by atoms with van der Waals surface area (Å²) in [4.78, 5) is 12.6. The van der Waals surface area contributed by atoms with E-state index in [-0.39, 0.29) is 11.8 Å². The van der Waals surface area contributed by atoms with Crippen LogP contribution in [0.25, 0.3) is 0 Å². The molecule has 1 amide bonds. The summed E-state index contributed by atoms with van der Waals surface area (Å²) in [5.74, 6) is 1.76. The molecular weight excluding hydrogens is 342 g/mol. The normalized spacial score (nSPS) is 15.5. The number of fused-ring (bicyclic) bond motifs is 1. The van der Waals surface area contributed by atoms with Crippen molar-refractivity contribution in [3.8, 4) is 11.5 Å². The van der Waals surface area contributed by atoms with Crippen molar-refractivity contribution >= 4 is 11.7 Å².